The summed E-state index contributed by atoms with van der Waals surface area (Å²) in [5.74, 6) is 6.23. The van der Waals surface area contributed by atoms with Crippen molar-refractivity contribution in [2.45, 2.75) is 11.6 Å². The van der Waals surface area contributed by atoms with Crippen LogP contribution in [-0.4, -0.2) is 21.1 Å². The first-order chi connectivity index (χ1) is 7.72. The highest BCUT2D eigenvalue weighted by Crippen LogP contribution is 2.07. The van der Waals surface area contributed by atoms with Gasteiger partial charge in [0.25, 0.3) is 5.56 Å². The van der Waals surface area contributed by atoms with E-state index < -0.39 is 0 Å². The Morgan fingerprint density at radius 2 is 2.38 bits per heavy atom. The Bertz CT molecular complexity index is 535. The fourth-order valence-electron chi connectivity index (χ4n) is 1.25. The van der Waals surface area contributed by atoms with Crippen LogP contribution in [0.15, 0.2) is 32.8 Å². The number of nitrogens with two attached hydrogens (primary N) is 1. The lowest BCUT2D eigenvalue weighted by Crippen LogP contribution is -2.33. The molecule has 2 N–H and O–H groups in total. The average Bonchev–Trinajstić information content (AvgIpc) is 2.78. The molecular weight excluding hydrogens is 228 g/mol. The molecule has 0 aliphatic heterocycles. The molecule has 0 aromatic carbocycles. The van der Waals surface area contributed by atoms with Gasteiger partial charge < -0.3 is 10.3 Å². The fourth-order valence-corrected chi connectivity index (χ4v) is 1.65. The Labute approximate surface area is 95.4 Å². The van der Waals surface area contributed by atoms with Gasteiger partial charge in [-0.3, -0.25) is 4.79 Å². The van der Waals surface area contributed by atoms with Gasteiger partial charge in [0.2, 0.25) is 5.16 Å². The highest BCUT2D eigenvalue weighted by molar-refractivity contribution is 7.98. The Kier molecular flexibility index (Phi) is 2.95. The van der Waals surface area contributed by atoms with Crippen LogP contribution in [0.3, 0.4) is 0 Å². The number of rotatable bonds is 3. The van der Waals surface area contributed by atoms with Crippen molar-refractivity contribution in [2.75, 3.05) is 12.1 Å². The highest BCUT2D eigenvalue weighted by Gasteiger charge is 2.10. The van der Waals surface area contributed by atoms with Crippen molar-refractivity contribution in [1.29, 1.82) is 0 Å². The van der Waals surface area contributed by atoms with Crippen molar-refractivity contribution < 1.29 is 4.42 Å². The molecule has 84 valence electrons. The summed E-state index contributed by atoms with van der Waals surface area (Å²) in [7, 11) is 0. The molecule has 0 fully saturated rings. The molecule has 0 saturated heterocycles. The molecule has 7 heteroatoms. The molecule has 2 aromatic heterocycles. The molecule has 0 unspecified atom stereocenters. The normalized spacial score (nSPS) is 10.6. The number of furan rings is 1. The summed E-state index contributed by atoms with van der Waals surface area (Å²) in [6, 6.07) is 3.52. The van der Waals surface area contributed by atoms with Crippen molar-refractivity contribution >= 4 is 11.8 Å². The van der Waals surface area contributed by atoms with Crippen LogP contribution in [0.5, 0.6) is 0 Å². The van der Waals surface area contributed by atoms with Gasteiger partial charge in [-0.2, -0.15) is 4.68 Å². The van der Waals surface area contributed by atoms with Crippen molar-refractivity contribution in [1.82, 2.24) is 14.9 Å². The Balaban J connectivity index is 2.36. The Morgan fingerprint density at radius 3 is 3.00 bits per heavy atom. The molecule has 2 heterocycles. The lowest BCUT2D eigenvalue weighted by atomic mass is 10.2. The van der Waals surface area contributed by atoms with E-state index in [0.29, 0.717) is 17.3 Å². The summed E-state index contributed by atoms with van der Waals surface area (Å²) < 4.78 is 6.12. The molecule has 16 heavy (non-hydrogen) atoms. The van der Waals surface area contributed by atoms with Gasteiger partial charge in [-0.05, 0) is 18.4 Å². The van der Waals surface area contributed by atoms with E-state index in [1.54, 1.807) is 24.7 Å². The average molecular weight is 238 g/mol. The van der Waals surface area contributed by atoms with Gasteiger partial charge in [0.15, 0.2) is 0 Å². The molecule has 0 spiro atoms. The summed E-state index contributed by atoms with van der Waals surface area (Å²) >= 11 is 1.27. The van der Waals surface area contributed by atoms with E-state index in [0.717, 1.165) is 4.68 Å². The third-order valence-electron chi connectivity index (χ3n) is 2.03. The first-order valence-electron chi connectivity index (χ1n) is 4.52. The smallest absolute Gasteiger partial charge is 0.295 e. The summed E-state index contributed by atoms with van der Waals surface area (Å²) in [4.78, 5) is 11.8. The molecule has 0 saturated carbocycles. The van der Waals surface area contributed by atoms with E-state index in [9.17, 15) is 4.79 Å². The van der Waals surface area contributed by atoms with Gasteiger partial charge in [-0.1, -0.05) is 11.8 Å². The van der Waals surface area contributed by atoms with E-state index in [1.165, 1.54) is 11.8 Å². The zero-order chi connectivity index (χ0) is 11.5. The minimum absolute atomic E-state index is 0.273. The largest absolute Gasteiger partial charge is 0.469 e. The molecule has 6 nitrogen and oxygen atoms in total. The topological polar surface area (TPSA) is 86.9 Å². The number of hydrogen-bond acceptors (Lipinski definition) is 6. The van der Waals surface area contributed by atoms with Crippen LogP contribution in [0.1, 0.15) is 11.5 Å². The van der Waals surface area contributed by atoms with Gasteiger partial charge in [0, 0.05) is 0 Å². The van der Waals surface area contributed by atoms with Crippen LogP contribution in [-0.2, 0) is 6.42 Å². The minimum Gasteiger partial charge on any atom is -0.469 e. The zero-order valence-corrected chi connectivity index (χ0v) is 9.40. The van der Waals surface area contributed by atoms with Crippen molar-refractivity contribution in [3.8, 4) is 0 Å². The van der Waals surface area contributed by atoms with Crippen LogP contribution < -0.4 is 11.4 Å². The number of nitrogen functional groups attached to an aromatic ring is 1. The van der Waals surface area contributed by atoms with E-state index >= 15 is 0 Å². The van der Waals surface area contributed by atoms with Crippen molar-refractivity contribution in [2.24, 2.45) is 0 Å². The second-order valence-corrected chi connectivity index (χ2v) is 3.84. The molecule has 0 bridgehead atoms. The Hall–Kier alpha value is -1.76. The van der Waals surface area contributed by atoms with Gasteiger partial charge in [-0.15, -0.1) is 10.2 Å². The zero-order valence-electron chi connectivity index (χ0n) is 8.58. The molecule has 0 atom stereocenters. The van der Waals surface area contributed by atoms with Crippen molar-refractivity contribution in [3.05, 3.63) is 40.2 Å². The minimum atomic E-state index is -0.351. The molecule has 0 amide bonds. The second-order valence-electron chi connectivity index (χ2n) is 3.06. The van der Waals surface area contributed by atoms with E-state index in [1.807, 2.05) is 0 Å². The number of aromatic nitrogens is 3. The second kappa shape index (κ2) is 4.40. The van der Waals surface area contributed by atoms with Crippen LogP contribution in [0.2, 0.25) is 0 Å². The summed E-state index contributed by atoms with van der Waals surface area (Å²) in [5.41, 5.74) is -0.0778. The maximum atomic E-state index is 11.8. The molecule has 0 radical (unpaired) electrons. The lowest BCUT2D eigenvalue weighted by Gasteiger charge is -2.04. The van der Waals surface area contributed by atoms with Gasteiger partial charge in [0.05, 0.1) is 12.7 Å². The first-order valence-corrected chi connectivity index (χ1v) is 5.75. The molecular formula is C9H10N4O2S. The monoisotopic (exact) mass is 238 g/mol. The van der Waals surface area contributed by atoms with Crippen LogP contribution in [0, 0.1) is 0 Å². The molecule has 2 aromatic rings. The van der Waals surface area contributed by atoms with Crippen molar-refractivity contribution in [3.63, 3.8) is 0 Å². The summed E-state index contributed by atoms with van der Waals surface area (Å²) in [5, 5.41) is 8.07. The van der Waals surface area contributed by atoms with Gasteiger partial charge in [-0.25, -0.2) is 0 Å². The predicted octanol–water partition coefficient (Wildman–Crippen LogP) is 0.258. The molecule has 0 aliphatic carbocycles. The summed E-state index contributed by atoms with van der Waals surface area (Å²) in [6.07, 6.45) is 3.61. The third-order valence-corrected chi connectivity index (χ3v) is 2.68. The van der Waals surface area contributed by atoms with E-state index in [4.69, 9.17) is 10.3 Å². The number of hydrogen-bond donors (Lipinski definition) is 1. The Morgan fingerprint density at radius 1 is 1.56 bits per heavy atom. The third kappa shape index (κ3) is 1.94. The standard InChI is InChI=1S/C9H10N4O2S/c1-16-9-12-11-7(8(14)13(9)10)5-6-3-2-4-15-6/h2-4H,5,10H2,1H3. The maximum absolute atomic E-state index is 11.8. The molecule has 2 rings (SSSR count). The van der Waals surface area contributed by atoms with Crippen LogP contribution in [0.4, 0.5) is 0 Å². The maximum Gasteiger partial charge on any atom is 0.295 e. The SMILES string of the molecule is CSc1nnc(Cc2ccco2)c(=O)n1N. The number of nitrogens with zero attached hydrogens (tertiary/aromatic N) is 3. The van der Waals surface area contributed by atoms with Gasteiger partial charge >= 0.3 is 0 Å². The highest BCUT2D eigenvalue weighted by atomic mass is 32.2. The quantitative estimate of drug-likeness (QED) is 0.609. The molecule has 0 aliphatic rings. The van der Waals surface area contributed by atoms with E-state index in [2.05, 4.69) is 10.2 Å². The van der Waals surface area contributed by atoms with Crippen LogP contribution in [0.25, 0.3) is 0 Å². The van der Waals surface area contributed by atoms with Gasteiger partial charge in [0.1, 0.15) is 11.5 Å². The fraction of sp³-hybridized carbons (Fsp3) is 0.222. The van der Waals surface area contributed by atoms with E-state index in [-0.39, 0.29) is 11.3 Å². The first kappa shape index (κ1) is 10.7. The number of thioether (sulfide) groups is 1. The lowest BCUT2D eigenvalue weighted by molar-refractivity contribution is 0.514. The van der Waals surface area contributed by atoms with Crippen LogP contribution >= 0.6 is 11.8 Å². The summed E-state index contributed by atoms with van der Waals surface area (Å²) in [6.45, 7) is 0. The predicted molar refractivity (Wildman–Crippen MR) is 59.7 cm³/mol.